The van der Waals surface area contributed by atoms with Gasteiger partial charge in [0.25, 0.3) is 5.91 Å². The molecule has 0 unspecified atom stereocenters. The maximum atomic E-state index is 12.5. The van der Waals surface area contributed by atoms with E-state index in [2.05, 4.69) is 25.6 Å². The monoisotopic (exact) mass is 395 g/mol. The Morgan fingerprint density at radius 1 is 1.00 bits per heavy atom. The fourth-order valence-corrected chi connectivity index (χ4v) is 2.58. The number of aromatic nitrogens is 3. The van der Waals surface area contributed by atoms with E-state index in [0.29, 0.717) is 35.3 Å². The number of nitrogens with zero attached hydrogens (tertiary/aromatic N) is 3. The number of amides is 1. The van der Waals surface area contributed by atoms with Crippen molar-refractivity contribution in [2.75, 3.05) is 32.0 Å². The number of carbonyl (C=O) groups excluding carboxylic acids is 1. The van der Waals surface area contributed by atoms with Crippen LogP contribution in [0.15, 0.2) is 49.1 Å². The fraction of sp³-hybridized carbons (Fsp3) is 0.200. The first-order valence-electron chi connectivity index (χ1n) is 8.70. The summed E-state index contributed by atoms with van der Waals surface area (Å²) in [5.41, 5.74) is 1.66. The molecule has 150 valence electrons. The average Bonchev–Trinajstić information content (AvgIpc) is 2.77. The fourth-order valence-electron chi connectivity index (χ4n) is 2.58. The van der Waals surface area contributed by atoms with Gasteiger partial charge in [-0.3, -0.25) is 9.78 Å². The lowest BCUT2D eigenvalue weighted by Crippen LogP contribution is -2.15. The summed E-state index contributed by atoms with van der Waals surface area (Å²) in [6, 6.07) is 7.08. The van der Waals surface area contributed by atoms with E-state index in [0.717, 1.165) is 5.56 Å². The molecule has 2 N–H and O–H groups in total. The van der Waals surface area contributed by atoms with Crippen LogP contribution >= 0.6 is 0 Å². The van der Waals surface area contributed by atoms with E-state index in [1.807, 2.05) is 12.1 Å². The molecule has 9 nitrogen and oxygen atoms in total. The number of anilines is 2. The molecule has 3 aromatic rings. The van der Waals surface area contributed by atoms with E-state index in [1.165, 1.54) is 33.7 Å². The van der Waals surface area contributed by atoms with Crippen molar-refractivity contribution < 1.29 is 19.0 Å². The van der Waals surface area contributed by atoms with Gasteiger partial charge in [0.1, 0.15) is 11.5 Å². The van der Waals surface area contributed by atoms with Gasteiger partial charge in [-0.2, -0.15) is 0 Å². The largest absolute Gasteiger partial charge is 0.493 e. The first-order chi connectivity index (χ1) is 14.1. The van der Waals surface area contributed by atoms with E-state index in [9.17, 15) is 4.79 Å². The highest BCUT2D eigenvalue weighted by atomic mass is 16.5. The smallest absolute Gasteiger partial charge is 0.275 e. The standard InChI is InChI=1S/C20H21N5O4/c1-27-16-7-14(8-17(28-2)19(16)29-3)25-20(26)15-11-24-18(12-22-15)23-10-13-5-4-6-21-9-13/h4-9,11-12H,10H2,1-3H3,(H,23,24)(H,25,26). The lowest BCUT2D eigenvalue weighted by Gasteiger charge is -2.14. The van der Waals surface area contributed by atoms with Gasteiger partial charge in [-0.15, -0.1) is 0 Å². The number of hydrogen-bond donors (Lipinski definition) is 2. The molecule has 0 saturated heterocycles. The first kappa shape index (κ1) is 19.9. The molecule has 2 heterocycles. The van der Waals surface area contributed by atoms with Gasteiger partial charge in [0.15, 0.2) is 11.5 Å². The minimum Gasteiger partial charge on any atom is -0.493 e. The van der Waals surface area contributed by atoms with Gasteiger partial charge < -0.3 is 24.8 Å². The molecule has 0 saturated carbocycles. The summed E-state index contributed by atoms with van der Waals surface area (Å²) in [6.07, 6.45) is 6.38. The molecule has 3 rings (SSSR count). The number of pyridine rings is 1. The summed E-state index contributed by atoms with van der Waals surface area (Å²) >= 11 is 0. The summed E-state index contributed by atoms with van der Waals surface area (Å²) in [5.74, 6) is 1.45. The van der Waals surface area contributed by atoms with Gasteiger partial charge in [0, 0.05) is 36.8 Å². The Labute approximate surface area is 168 Å². The zero-order valence-electron chi connectivity index (χ0n) is 16.3. The second-order valence-corrected chi connectivity index (χ2v) is 5.87. The van der Waals surface area contributed by atoms with Crippen molar-refractivity contribution >= 4 is 17.4 Å². The van der Waals surface area contributed by atoms with Crippen LogP contribution < -0.4 is 24.8 Å². The number of hydrogen-bond acceptors (Lipinski definition) is 8. The molecule has 0 fully saturated rings. The molecule has 0 radical (unpaired) electrons. The molecule has 0 bridgehead atoms. The van der Waals surface area contributed by atoms with Crippen LogP contribution in [0.1, 0.15) is 16.1 Å². The average molecular weight is 395 g/mol. The van der Waals surface area contributed by atoms with Crippen LogP contribution in [-0.2, 0) is 6.54 Å². The molecule has 0 aliphatic heterocycles. The molecular weight excluding hydrogens is 374 g/mol. The third-order valence-electron chi connectivity index (χ3n) is 4.00. The second kappa shape index (κ2) is 9.36. The van der Waals surface area contributed by atoms with Crippen molar-refractivity contribution in [1.82, 2.24) is 15.0 Å². The van der Waals surface area contributed by atoms with Gasteiger partial charge in [0.2, 0.25) is 5.75 Å². The number of carbonyl (C=O) groups is 1. The van der Waals surface area contributed by atoms with Crippen molar-refractivity contribution in [3.63, 3.8) is 0 Å². The van der Waals surface area contributed by atoms with Crippen molar-refractivity contribution in [1.29, 1.82) is 0 Å². The Kier molecular flexibility index (Phi) is 6.41. The number of nitrogens with one attached hydrogen (secondary N) is 2. The summed E-state index contributed by atoms with van der Waals surface area (Å²) < 4.78 is 15.9. The second-order valence-electron chi connectivity index (χ2n) is 5.87. The third kappa shape index (κ3) is 4.89. The molecule has 2 aromatic heterocycles. The molecule has 0 spiro atoms. The highest BCUT2D eigenvalue weighted by Crippen LogP contribution is 2.39. The Balaban J connectivity index is 1.68. The molecule has 0 aliphatic carbocycles. The first-order valence-corrected chi connectivity index (χ1v) is 8.70. The van der Waals surface area contributed by atoms with Crippen LogP contribution in [0.3, 0.4) is 0 Å². The lowest BCUT2D eigenvalue weighted by atomic mass is 10.2. The van der Waals surface area contributed by atoms with Crippen LogP contribution in [0, 0.1) is 0 Å². The summed E-state index contributed by atoms with van der Waals surface area (Å²) in [7, 11) is 4.52. The van der Waals surface area contributed by atoms with Gasteiger partial charge in [-0.1, -0.05) is 6.07 Å². The van der Waals surface area contributed by atoms with Crippen LogP contribution in [0.2, 0.25) is 0 Å². The molecule has 1 amide bonds. The normalized spacial score (nSPS) is 10.2. The SMILES string of the molecule is COc1cc(NC(=O)c2cnc(NCc3cccnc3)cn2)cc(OC)c1OC. The zero-order chi connectivity index (χ0) is 20.6. The summed E-state index contributed by atoms with van der Waals surface area (Å²) in [4.78, 5) is 25.0. The van der Waals surface area contributed by atoms with Crippen molar-refractivity contribution in [2.24, 2.45) is 0 Å². The van der Waals surface area contributed by atoms with Gasteiger partial charge >= 0.3 is 0 Å². The maximum Gasteiger partial charge on any atom is 0.275 e. The quantitative estimate of drug-likeness (QED) is 0.600. The number of methoxy groups -OCH3 is 3. The number of ether oxygens (including phenoxy) is 3. The number of rotatable bonds is 8. The van der Waals surface area contributed by atoms with E-state index in [4.69, 9.17) is 14.2 Å². The topological polar surface area (TPSA) is 107 Å². The van der Waals surface area contributed by atoms with Crippen LogP contribution in [0.25, 0.3) is 0 Å². The minimum atomic E-state index is -0.411. The van der Waals surface area contributed by atoms with E-state index in [1.54, 1.807) is 24.5 Å². The van der Waals surface area contributed by atoms with E-state index >= 15 is 0 Å². The Morgan fingerprint density at radius 3 is 2.31 bits per heavy atom. The third-order valence-corrected chi connectivity index (χ3v) is 4.00. The van der Waals surface area contributed by atoms with Gasteiger partial charge in [0.05, 0.1) is 33.7 Å². The molecule has 0 atom stereocenters. The van der Waals surface area contributed by atoms with Crippen molar-refractivity contribution in [2.45, 2.75) is 6.54 Å². The number of benzene rings is 1. The minimum absolute atomic E-state index is 0.172. The predicted octanol–water partition coefficient (Wildman–Crippen LogP) is 2.76. The Bertz CT molecular complexity index is 939. The lowest BCUT2D eigenvalue weighted by molar-refractivity contribution is 0.102. The zero-order valence-corrected chi connectivity index (χ0v) is 16.3. The van der Waals surface area contributed by atoms with Crippen molar-refractivity contribution in [3.05, 3.63) is 60.3 Å². The Hall–Kier alpha value is -3.88. The maximum absolute atomic E-state index is 12.5. The van der Waals surface area contributed by atoms with Crippen molar-refractivity contribution in [3.8, 4) is 17.2 Å². The molecule has 1 aromatic carbocycles. The molecule has 29 heavy (non-hydrogen) atoms. The molecule has 0 aliphatic rings. The van der Waals surface area contributed by atoms with E-state index in [-0.39, 0.29) is 5.69 Å². The Morgan fingerprint density at radius 2 is 1.76 bits per heavy atom. The van der Waals surface area contributed by atoms with E-state index < -0.39 is 5.91 Å². The van der Waals surface area contributed by atoms with Crippen LogP contribution in [0.4, 0.5) is 11.5 Å². The highest BCUT2D eigenvalue weighted by Gasteiger charge is 2.16. The summed E-state index contributed by atoms with van der Waals surface area (Å²) in [5, 5.41) is 5.88. The van der Waals surface area contributed by atoms with Gasteiger partial charge in [-0.25, -0.2) is 9.97 Å². The molecular formula is C20H21N5O4. The van der Waals surface area contributed by atoms with Crippen LogP contribution in [-0.4, -0.2) is 42.2 Å². The highest BCUT2D eigenvalue weighted by molar-refractivity contribution is 6.03. The molecule has 9 heteroatoms. The van der Waals surface area contributed by atoms with Crippen LogP contribution in [0.5, 0.6) is 17.2 Å². The van der Waals surface area contributed by atoms with Gasteiger partial charge in [-0.05, 0) is 11.6 Å². The summed E-state index contributed by atoms with van der Waals surface area (Å²) in [6.45, 7) is 0.555. The predicted molar refractivity (Wildman–Crippen MR) is 108 cm³/mol.